The lowest BCUT2D eigenvalue weighted by Gasteiger charge is -2.17. The van der Waals surface area contributed by atoms with Crippen molar-refractivity contribution in [3.8, 4) is 0 Å². The van der Waals surface area contributed by atoms with E-state index in [0.29, 0.717) is 0 Å². The fraction of sp³-hybridized carbons (Fsp3) is 0.357. The predicted octanol–water partition coefficient (Wildman–Crippen LogP) is 3.20. The summed E-state index contributed by atoms with van der Waals surface area (Å²) < 4.78 is 30.6. The van der Waals surface area contributed by atoms with Crippen molar-refractivity contribution in [2.75, 3.05) is 0 Å². The maximum Gasteiger partial charge on any atom is 0.144 e. The Kier molecular flexibility index (Phi) is 3.69. The predicted molar refractivity (Wildman–Crippen MR) is 78.4 cm³/mol. The molecule has 0 aliphatic carbocycles. The average molecular weight is 280 g/mol. The van der Waals surface area contributed by atoms with Gasteiger partial charge in [-0.15, -0.1) is 0 Å². The Hall–Kier alpha value is -1.33. The average Bonchev–Trinajstić information content (AvgIpc) is 2.61. The van der Waals surface area contributed by atoms with Crippen LogP contribution in [0.2, 0.25) is 0 Å². The van der Waals surface area contributed by atoms with Crippen LogP contribution in [-0.4, -0.2) is 20.1 Å². The fourth-order valence-electron chi connectivity index (χ4n) is 1.73. The molecule has 19 heavy (non-hydrogen) atoms. The molecule has 0 aliphatic rings. The number of aryl methyl sites for hydroxylation is 1. The summed E-state index contributed by atoms with van der Waals surface area (Å²) in [5, 5.41) is 0.811. The minimum Gasteiger partial charge on any atom is -0.591 e. The van der Waals surface area contributed by atoms with Crippen LogP contribution >= 0.6 is 0 Å². The quantitative estimate of drug-likeness (QED) is 0.615. The Morgan fingerprint density at radius 2 is 2.00 bits per heavy atom. The zero-order valence-electron chi connectivity index (χ0n) is 11.5. The van der Waals surface area contributed by atoms with Gasteiger partial charge in [-0.1, -0.05) is 4.40 Å². The lowest BCUT2D eigenvalue weighted by Crippen LogP contribution is -2.25. The zero-order chi connectivity index (χ0) is 14.2. The van der Waals surface area contributed by atoms with E-state index in [1.807, 2.05) is 38.5 Å². The van der Waals surface area contributed by atoms with E-state index in [1.165, 1.54) is 12.1 Å². The Morgan fingerprint density at radius 1 is 1.32 bits per heavy atom. The molecule has 0 fully saturated rings. The molecular formula is C14H17FN2OS. The fourth-order valence-corrected chi connectivity index (χ4v) is 2.25. The van der Waals surface area contributed by atoms with Crippen molar-refractivity contribution in [2.24, 2.45) is 11.4 Å². The van der Waals surface area contributed by atoms with Crippen LogP contribution in [0.15, 0.2) is 28.7 Å². The molecule has 0 aliphatic heterocycles. The Bertz CT molecular complexity index is 628. The molecule has 0 radical (unpaired) electrons. The first-order valence-electron chi connectivity index (χ1n) is 6.00. The molecule has 0 N–H and O–H groups in total. The van der Waals surface area contributed by atoms with Crippen LogP contribution in [0, 0.1) is 5.82 Å². The van der Waals surface area contributed by atoms with Crippen LogP contribution in [0.5, 0.6) is 0 Å². The number of benzene rings is 1. The van der Waals surface area contributed by atoms with Crippen molar-refractivity contribution in [2.45, 2.75) is 25.5 Å². The minimum absolute atomic E-state index is 0.264. The smallest absolute Gasteiger partial charge is 0.144 e. The van der Waals surface area contributed by atoms with Crippen LogP contribution in [0.1, 0.15) is 26.5 Å². The van der Waals surface area contributed by atoms with E-state index in [1.54, 1.807) is 12.3 Å². The van der Waals surface area contributed by atoms with E-state index in [9.17, 15) is 8.94 Å². The summed E-state index contributed by atoms with van der Waals surface area (Å²) in [6.07, 6.45) is 1.58. The first-order chi connectivity index (χ1) is 8.79. The first-order valence-corrected chi connectivity index (χ1v) is 7.11. The highest BCUT2D eigenvalue weighted by atomic mass is 32.2. The summed E-state index contributed by atoms with van der Waals surface area (Å²) in [6.45, 7) is 5.62. The van der Waals surface area contributed by atoms with E-state index < -0.39 is 11.4 Å². The topological polar surface area (TPSA) is 40.3 Å². The molecule has 1 heterocycles. The molecule has 1 unspecified atom stereocenters. The van der Waals surface area contributed by atoms with Crippen molar-refractivity contribution in [3.63, 3.8) is 0 Å². The summed E-state index contributed by atoms with van der Waals surface area (Å²) >= 11 is -1.29. The van der Waals surface area contributed by atoms with Gasteiger partial charge >= 0.3 is 0 Å². The second-order valence-corrected chi connectivity index (χ2v) is 7.36. The molecule has 0 saturated carbocycles. The highest BCUT2D eigenvalue weighted by Gasteiger charge is 2.25. The molecule has 0 spiro atoms. The van der Waals surface area contributed by atoms with Crippen molar-refractivity contribution in [3.05, 3.63) is 35.8 Å². The van der Waals surface area contributed by atoms with Gasteiger partial charge in [0.15, 0.2) is 0 Å². The molecular weight excluding hydrogens is 263 g/mol. The Morgan fingerprint density at radius 3 is 2.63 bits per heavy atom. The standard InChI is InChI=1S/C14H17FN2OS/c1-14(2,3)19(18)16-9-12-8-10-7-11(15)5-6-13(10)17(12)4/h5-9H,1-4H3/b16-9+. The zero-order valence-corrected chi connectivity index (χ0v) is 12.3. The van der Waals surface area contributed by atoms with Crippen molar-refractivity contribution < 1.29 is 8.94 Å². The summed E-state index contributed by atoms with van der Waals surface area (Å²) in [4.78, 5) is 0. The van der Waals surface area contributed by atoms with Gasteiger partial charge in [0.25, 0.3) is 0 Å². The summed E-state index contributed by atoms with van der Waals surface area (Å²) in [7, 11) is 1.88. The minimum atomic E-state index is -1.29. The van der Waals surface area contributed by atoms with Gasteiger partial charge in [-0.05, 0) is 45.0 Å². The van der Waals surface area contributed by atoms with Crippen molar-refractivity contribution in [1.29, 1.82) is 0 Å². The maximum atomic E-state index is 13.2. The largest absolute Gasteiger partial charge is 0.591 e. The molecule has 3 nitrogen and oxygen atoms in total. The number of hydrogen-bond donors (Lipinski definition) is 0. The third kappa shape index (κ3) is 2.98. The third-order valence-electron chi connectivity index (χ3n) is 2.85. The van der Waals surface area contributed by atoms with E-state index in [-0.39, 0.29) is 10.6 Å². The lowest BCUT2D eigenvalue weighted by atomic mass is 10.2. The van der Waals surface area contributed by atoms with Gasteiger partial charge in [0.2, 0.25) is 0 Å². The SMILES string of the molecule is Cn1c(/C=N/[S+]([O-])C(C)(C)C)cc2cc(F)ccc21. The van der Waals surface area contributed by atoms with Crippen LogP contribution in [-0.2, 0) is 18.4 Å². The molecule has 1 aromatic carbocycles. The Labute approximate surface area is 115 Å². The van der Waals surface area contributed by atoms with E-state index in [4.69, 9.17) is 0 Å². The number of nitrogens with zero attached hydrogens (tertiary/aromatic N) is 2. The van der Waals surface area contributed by atoms with Crippen molar-refractivity contribution >= 4 is 28.5 Å². The first kappa shape index (κ1) is 14.1. The lowest BCUT2D eigenvalue weighted by molar-refractivity contribution is 0.561. The molecule has 102 valence electrons. The molecule has 1 aromatic heterocycles. The molecule has 2 rings (SSSR count). The number of aromatic nitrogens is 1. The molecule has 0 saturated heterocycles. The van der Waals surface area contributed by atoms with E-state index in [0.717, 1.165) is 16.6 Å². The molecule has 1 atom stereocenters. The number of hydrogen-bond acceptors (Lipinski definition) is 2. The van der Waals surface area contributed by atoms with Gasteiger partial charge < -0.3 is 9.12 Å². The van der Waals surface area contributed by atoms with Crippen LogP contribution in [0.25, 0.3) is 10.9 Å². The molecule has 5 heteroatoms. The van der Waals surface area contributed by atoms with Crippen LogP contribution in [0.3, 0.4) is 0 Å². The Balaban J connectivity index is 2.36. The highest BCUT2D eigenvalue weighted by molar-refractivity contribution is 7.91. The van der Waals surface area contributed by atoms with Gasteiger partial charge in [-0.3, -0.25) is 0 Å². The number of halogens is 1. The second-order valence-electron chi connectivity index (χ2n) is 5.43. The van der Waals surface area contributed by atoms with Gasteiger partial charge in [-0.25, -0.2) is 4.39 Å². The summed E-state index contributed by atoms with van der Waals surface area (Å²) in [6, 6.07) is 6.47. The monoisotopic (exact) mass is 280 g/mol. The molecule has 0 amide bonds. The number of rotatable bonds is 2. The van der Waals surface area contributed by atoms with E-state index in [2.05, 4.69) is 4.40 Å². The van der Waals surface area contributed by atoms with Gasteiger partial charge in [0, 0.05) is 18.0 Å². The van der Waals surface area contributed by atoms with Crippen LogP contribution in [0.4, 0.5) is 4.39 Å². The second kappa shape index (κ2) is 4.98. The third-order valence-corrected chi connectivity index (χ3v) is 4.19. The van der Waals surface area contributed by atoms with Gasteiger partial charge in [0.05, 0.1) is 5.69 Å². The number of fused-ring (bicyclic) bond motifs is 1. The highest BCUT2D eigenvalue weighted by Crippen LogP contribution is 2.20. The van der Waals surface area contributed by atoms with Crippen LogP contribution < -0.4 is 0 Å². The summed E-state index contributed by atoms with van der Waals surface area (Å²) in [5.74, 6) is -0.264. The molecule has 0 bridgehead atoms. The van der Waals surface area contributed by atoms with Gasteiger partial charge in [-0.2, -0.15) is 0 Å². The normalized spacial score (nSPS) is 14.4. The summed E-state index contributed by atoms with van der Waals surface area (Å²) in [5.41, 5.74) is 1.72. The van der Waals surface area contributed by atoms with Crippen molar-refractivity contribution in [1.82, 2.24) is 4.57 Å². The van der Waals surface area contributed by atoms with Gasteiger partial charge in [0.1, 0.15) is 28.1 Å². The van der Waals surface area contributed by atoms with E-state index >= 15 is 0 Å². The maximum absolute atomic E-state index is 13.2. The molecule has 2 aromatic rings.